The van der Waals surface area contributed by atoms with Crippen LogP contribution in [0.15, 0.2) is 78.0 Å². The Balaban J connectivity index is 1.49. The van der Waals surface area contributed by atoms with Crippen molar-refractivity contribution < 1.29 is 8.42 Å². The van der Waals surface area contributed by atoms with Crippen molar-refractivity contribution in [1.29, 1.82) is 0 Å². The third-order valence-electron chi connectivity index (χ3n) is 4.74. The van der Waals surface area contributed by atoms with E-state index in [2.05, 4.69) is 30.3 Å². The zero-order valence-electron chi connectivity index (χ0n) is 17.6. The Kier molecular flexibility index (Phi) is 6.58. The molecule has 0 fully saturated rings. The van der Waals surface area contributed by atoms with Crippen molar-refractivity contribution in [3.8, 4) is 0 Å². The Hall–Kier alpha value is -3.56. The number of nitrogens with one attached hydrogen (secondary N) is 3. The highest BCUT2D eigenvalue weighted by Crippen LogP contribution is 2.22. The molecular weight excluding hydrogens is 424 g/mol. The summed E-state index contributed by atoms with van der Waals surface area (Å²) in [5, 5.41) is 7.32. The lowest BCUT2D eigenvalue weighted by molar-refractivity contribution is 0.578. The molecule has 164 valence electrons. The van der Waals surface area contributed by atoms with Gasteiger partial charge in [-0.05, 0) is 42.8 Å². The standard InChI is InChI=1S/C23H24N6O2S/c1-2-3-12-26-32(30,31)20-9-6-8-18(15-20)28-23-24-13-11-22(29-23)27-19-14-17-7-4-5-10-21(17)25-16-19/h4-11,13-16,26H,2-3,12H2,1H3,(H2,24,27,28,29). The van der Waals surface area contributed by atoms with Crippen LogP contribution in [0.3, 0.4) is 0 Å². The Morgan fingerprint density at radius 1 is 0.906 bits per heavy atom. The second kappa shape index (κ2) is 9.71. The van der Waals surface area contributed by atoms with Crippen LogP contribution in [-0.4, -0.2) is 29.9 Å². The second-order valence-corrected chi connectivity index (χ2v) is 8.98. The van der Waals surface area contributed by atoms with E-state index in [1.54, 1.807) is 42.7 Å². The molecule has 3 N–H and O–H groups in total. The monoisotopic (exact) mass is 448 g/mol. The van der Waals surface area contributed by atoms with E-state index in [-0.39, 0.29) is 4.90 Å². The van der Waals surface area contributed by atoms with Gasteiger partial charge in [0.2, 0.25) is 16.0 Å². The number of anilines is 4. The molecule has 0 amide bonds. The van der Waals surface area contributed by atoms with Gasteiger partial charge in [-0.1, -0.05) is 37.6 Å². The largest absolute Gasteiger partial charge is 0.339 e. The van der Waals surface area contributed by atoms with Gasteiger partial charge >= 0.3 is 0 Å². The number of sulfonamides is 1. The lowest BCUT2D eigenvalue weighted by Gasteiger charge is -2.10. The van der Waals surface area contributed by atoms with Crippen LogP contribution in [0.2, 0.25) is 0 Å². The van der Waals surface area contributed by atoms with Crippen LogP contribution in [0.1, 0.15) is 19.8 Å². The molecule has 4 aromatic rings. The average molecular weight is 449 g/mol. The first-order chi connectivity index (χ1) is 15.5. The number of unbranched alkanes of at least 4 members (excludes halogenated alkanes) is 1. The van der Waals surface area contributed by atoms with Gasteiger partial charge in [0, 0.05) is 23.8 Å². The Morgan fingerprint density at radius 3 is 2.66 bits per heavy atom. The first kappa shape index (κ1) is 21.7. The molecule has 8 nitrogen and oxygen atoms in total. The van der Waals surface area contributed by atoms with E-state index in [0.717, 1.165) is 29.4 Å². The fourth-order valence-electron chi connectivity index (χ4n) is 3.11. The van der Waals surface area contributed by atoms with Crippen molar-refractivity contribution in [3.63, 3.8) is 0 Å². The number of aromatic nitrogens is 3. The summed E-state index contributed by atoms with van der Waals surface area (Å²) in [6.45, 7) is 2.43. The lowest BCUT2D eigenvalue weighted by atomic mass is 10.2. The molecule has 0 radical (unpaired) electrons. The molecule has 4 rings (SSSR count). The number of pyridine rings is 1. The Morgan fingerprint density at radius 2 is 1.78 bits per heavy atom. The van der Waals surface area contributed by atoms with E-state index in [1.807, 2.05) is 37.3 Å². The van der Waals surface area contributed by atoms with Crippen molar-refractivity contribution in [1.82, 2.24) is 19.7 Å². The number of rotatable bonds is 9. The fourth-order valence-corrected chi connectivity index (χ4v) is 4.23. The molecule has 2 aromatic heterocycles. The minimum atomic E-state index is -3.56. The molecule has 0 saturated heterocycles. The molecule has 0 aliphatic rings. The predicted molar refractivity (Wildman–Crippen MR) is 127 cm³/mol. The molecule has 0 unspecified atom stereocenters. The molecule has 9 heteroatoms. The number of hydrogen-bond acceptors (Lipinski definition) is 7. The maximum Gasteiger partial charge on any atom is 0.240 e. The van der Waals surface area contributed by atoms with Gasteiger partial charge in [-0.3, -0.25) is 4.98 Å². The fraction of sp³-hybridized carbons (Fsp3) is 0.174. The van der Waals surface area contributed by atoms with Crippen LogP contribution in [0, 0.1) is 0 Å². The molecule has 0 spiro atoms. The molecule has 0 bridgehead atoms. The number of nitrogens with zero attached hydrogens (tertiary/aromatic N) is 3. The van der Waals surface area contributed by atoms with Gasteiger partial charge in [-0.2, -0.15) is 4.98 Å². The minimum Gasteiger partial charge on any atom is -0.339 e. The van der Waals surface area contributed by atoms with Gasteiger partial charge in [0.25, 0.3) is 0 Å². The van der Waals surface area contributed by atoms with Gasteiger partial charge in [-0.25, -0.2) is 18.1 Å². The summed E-state index contributed by atoms with van der Waals surface area (Å²) in [7, 11) is -3.56. The smallest absolute Gasteiger partial charge is 0.240 e. The van der Waals surface area contributed by atoms with Crippen molar-refractivity contribution in [3.05, 3.63) is 73.1 Å². The molecule has 0 aliphatic carbocycles. The van der Waals surface area contributed by atoms with Gasteiger partial charge in [0.15, 0.2) is 0 Å². The first-order valence-corrected chi connectivity index (χ1v) is 11.8. The Bertz CT molecular complexity index is 1330. The van der Waals surface area contributed by atoms with E-state index in [9.17, 15) is 8.42 Å². The highest BCUT2D eigenvalue weighted by Gasteiger charge is 2.14. The summed E-state index contributed by atoms with van der Waals surface area (Å²) >= 11 is 0. The number of hydrogen-bond donors (Lipinski definition) is 3. The molecule has 2 aromatic carbocycles. The van der Waals surface area contributed by atoms with E-state index < -0.39 is 10.0 Å². The molecule has 2 heterocycles. The molecule has 0 atom stereocenters. The third kappa shape index (κ3) is 5.37. The average Bonchev–Trinajstić information content (AvgIpc) is 2.79. The van der Waals surface area contributed by atoms with Gasteiger partial charge in [0.1, 0.15) is 5.82 Å². The highest BCUT2D eigenvalue weighted by atomic mass is 32.2. The van der Waals surface area contributed by atoms with Crippen LogP contribution in [0.4, 0.5) is 23.1 Å². The van der Waals surface area contributed by atoms with Crippen molar-refractivity contribution in [2.24, 2.45) is 0 Å². The topological polar surface area (TPSA) is 109 Å². The summed E-state index contributed by atoms with van der Waals surface area (Å²) in [6, 6.07) is 18.2. The number of para-hydroxylation sites is 1. The summed E-state index contributed by atoms with van der Waals surface area (Å²) in [5.41, 5.74) is 2.30. The summed E-state index contributed by atoms with van der Waals surface area (Å²) < 4.78 is 27.6. The maximum absolute atomic E-state index is 12.5. The van der Waals surface area contributed by atoms with E-state index >= 15 is 0 Å². The van der Waals surface area contributed by atoms with Crippen LogP contribution < -0.4 is 15.4 Å². The van der Waals surface area contributed by atoms with Crippen LogP contribution in [0.25, 0.3) is 10.9 Å². The van der Waals surface area contributed by atoms with Crippen molar-refractivity contribution in [2.75, 3.05) is 17.2 Å². The SMILES string of the molecule is CCCCNS(=O)(=O)c1cccc(Nc2nccc(Nc3cnc4ccccc4c3)n2)c1. The zero-order chi connectivity index (χ0) is 22.4. The summed E-state index contributed by atoms with van der Waals surface area (Å²) in [6.07, 6.45) is 5.08. The molecule has 0 saturated carbocycles. The van der Waals surface area contributed by atoms with E-state index in [4.69, 9.17) is 0 Å². The van der Waals surface area contributed by atoms with Gasteiger partial charge < -0.3 is 10.6 Å². The van der Waals surface area contributed by atoms with E-state index in [0.29, 0.717) is 24.0 Å². The van der Waals surface area contributed by atoms with E-state index in [1.165, 1.54) is 0 Å². The van der Waals surface area contributed by atoms with Crippen LogP contribution >= 0.6 is 0 Å². The minimum absolute atomic E-state index is 0.190. The number of fused-ring (bicyclic) bond motifs is 1. The van der Waals surface area contributed by atoms with Crippen LogP contribution in [-0.2, 0) is 10.0 Å². The summed E-state index contributed by atoms with van der Waals surface area (Å²) in [4.78, 5) is 13.3. The predicted octanol–water partition coefficient (Wildman–Crippen LogP) is 4.59. The maximum atomic E-state index is 12.5. The first-order valence-electron chi connectivity index (χ1n) is 10.3. The lowest BCUT2D eigenvalue weighted by Crippen LogP contribution is -2.24. The zero-order valence-corrected chi connectivity index (χ0v) is 18.4. The third-order valence-corrected chi connectivity index (χ3v) is 6.20. The highest BCUT2D eigenvalue weighted by molar-refractivity contribution is 7.89. The van der Waals surface area contributed by atoms with Crippen LogP contribution in [0.5, 0.6) is 0 Å². The van der Waals surface area contributed by atoms with Gasteiger partial charge in [0.05, 0.1) is 22.3 Å². The summed E-state index contributed by atoms with van der Waals surface area (Å²) in [5.74, 6) is 0.932. The number of benzene rings is 2. The van der Waals surface area contributed by atoms with Gasteiger partial charge in [-0.15, -0.1) is 0 Å². The molecular formula is C23H24N6O2S. The van der Waals surface area contributed by atoms with Crippen molar-refractivity contribution >= 4 is 44.1 Å². The normalized spacial score (nSPS) is 11.4. The quantitative estimate of drug-likeness (QED) is 0.321. The molecule has 32 heavy (non-hydrogen) atoms. The van der Waals surface area contributed by atoms with Crippen molar-refractivity contribution in [2.45, 2.75) is 24.7 Å². The second-order valence-electron chi connectivity index (χ2n) is 7.21. The Labute approximate surface area is 187 Å². The molecule has 0 aliphatic heterocycles.